The molecule has 0 amide bonds. The summed E-state index contributed by atoms with van der Waals surface area (Å²) in [6, 6.07) is 7.68. The Morgan fingerprint density at radius 2 is 1.86 bits per heavy atom. The van der Waals surface area contributed by atoms with Gasteiger partial charge in [-0.1, -0.05) is 53.8 Å². The molecule has 0 saturated carbocycles. The van der Waals surface area contributed by atoms with E-state index in [9.17, 15) is 4.79 Å². The van der Waals surface area contributed by atoms with E-state index in [4.69, 9.17) is 4.74 Å². The van der Waals surface area contributed by atoms with E-state index in [1.807, 2.05) is 31.2 Å². The summed E-state index contributed by atoms with van der Waals surface area (Å²) in [5.41, 5.74) is 0.944. The van der Waals surface area contributed by atoms with Gasteiger partial charge in [0.2, 0.25) is 0 Å². The average Bonchev–Trinajstić information content (AvgIpc) is 2.50. The molecule has 1 atom stereocenters. The molecular formula is C17H22BrNO2. The standard InChI is InChI=1S/C17H22BrNO2/c1-4-19(5-2)12-6-7-13-21-17(20)14(3)15-8-10-16(18)11-9-15/h8-11,14H,4-5,12-13H2,1-3H3/t14-/m1/s1. The summed E-state index contributed by atoms with van der Waals surface area (Å²) >= 11 is 3.38. The first-order valence-corrected chi connectivity index (χ1v) is 7.97. The highest BCUT2D eigenvalue weighted by molar-refractivity contribution is 9.10. The van der Waals surface area contributed by atoms with E-state index >= 15 is 0 Å². The molecule has 114 valence electrons. The zero-order valence-corrected chi connectivity index (χ0v) is 14.4. The van der Waals surface area contributed by atoms with Gasteiger partial charge in [0.25, 0.3) is 0 Å². The number of carbonyl (C=O) groups excluding carboxylic acids is 1. The minimum atomic E-state index is -0.275. The van der Waals surface area contributed by atoms with Crippen molar-refractivity contribution in [1.82, 2.24) is 4.90 Å². The van der Waals surface area contributed by atoms with Crippen LogP contribution in [0.1, 0.15) is 32.3 Å². The van der Waals surface area contributed by atoms with E-state index in [0.717, 1.165) is 23.1 Å². The molecule has 0 aliphatic carbocycles. The SMILES string of the molecule is CCN(CC)CC#CCOC(=O)[C@H](C)c1ccc(Br)cc1. The third-order valence-electron chi connectivity index (χ3n) is 3.33. The number of benzene rings is 1. The molecule has 0 spiro atoms. The van der Waals surface area contributed by atoms with E-state index in [-0.39, 0.29) is 18.5 Å². The fourth-order valence-corrected chi connectivity index (χ4v) is 2.05. The summed E-state index contributed by atoms with van der Waals surface area (Å²) in [6.45, 7) is 8.87. The number of carbonyl (C=O) groups is 1. The van der Waals surface area contributed by atoms with Crippen molar-refractivity contribution in [3.63, 3.8) is 0 Å². The van der Waals surface area contributed by atoms with Crippen LogP contribution in [0.15, 0.2) is 28.7 Å². The first kappa shape index (κ1) is 17.7. The monoisotopic (exact) mass is 351 g/mol. The van der Waals surface area contributed by atoms with Crippen molar-refractivity contribution in [2.75, 3.05) is 26.2 Å². The lowest BCUT2D eigenvalue weighted by Crippen LogP contribution is -2.23. The zero-order chi connectivity index (χ0) is 15.7. The lowest BCUT2D eigenvalue weighted by Gasteiger charge is -2.13. The molecule has 0 unspecified atom stereocenters. The molecule has 0 bridgehead atoms. The number of nitrogens with zero attached hydrogens (tertiary/aromatic N) is 1. The van der Waals surface area contributed by atoms with Crippen LogP contribution in [-0.4, -0.2) is 37.1 Å². The lowest BCUT2D eigenvalue weighted by molar-refractivity contribution is -0.143. The minimum absolute atomic E-state index is 0.154. The second kappa shape index (κ2) is 9.59. The Morgan fingerprint density at radius 1 is 1.24 bits per heavy atom. The van der Waals surface area contributed by atoms with Crippen molar-refractivity contribution < 1.29 is 9.53 Å². The molecule has 0 N–H and O–H groups in total. The minimum Gasteiger partial charge on any atom is -0.452 e. The molecule has 0 fully saturated rings. The van der Waals surface area contributed by atoms with Crippen LogP contribution >= 0.6 is 15.9 Å². The number of halogens is 1. The van der Waals surface area contributed by atoms with E-state index in [0.29, 0.717) is 6.54 Å². The van der Waals surface area contributed by atoms with Gasteiger partial charge in [-0.05, 0) is 37.7 Å². The van der Waals surface area contributed by atoms with Gasteiger partial charge in [0.1, 0.15) is 0 Å². The van der Waals surface area contributed by atoms with Crippen LogP contribution in [0.4, 0.5) is 0 Å². The maximum atomic E-state index is 11.9. The second-order valence-electron chi connectivity index (χ2n) is 4.70. The van der Waals surface area contributed by atoms with Crippen LogP contribution < -0.4 is 0 Å². The summed E-state index contributed by atoms with van der Waals surface area (Å²) in [7, 11) is 0. The Kier molecular flexibility index (Phi) is 8.11. The van der Waals surface area contributed by atoms with Crippen LogP contribution in [0.3, 0.4) is 0 Å². The van der Waals surface area contributed by atoms with Crippen molar-refractivity contribution in [1.29, 1.82) is 0 Å². The molecule has 0 saturated heterocycles. The quantitative estimate of drug-likeness (QED) is 0.580. The summed E-state index contributed by atoms with van der Waals surface area (Å²) < 4.78 is 6.19. The predicted molar refractivity (Wildman–Crippen MR) is 89.1 cm³/mol. The fraction of sp³-hybridized carbons (Fsp3) is 0.471. The van der Waals surface area contributed by atoms with Gasteiger partial charge in [0.15, 0.2) is 6.61 Å². The van der Waals surface area contributed by atoms with Crippen LogP contribution in [0.5, 0.6) is 0 Å². The Hall–Kier alpha value is -1.31. The molecule has 0 heterocycles. The van der Waals surface area contributed by atoms with Gasteiger partial charge >= 0.3 is 5.97 Å². The maximum Gasteiger partial charge on any atom is 0.314 e. The lowest BCUT2D eigenvalue weighted by atomic mass is 10.0. The summed E-state index contributed by atoms with van der Waals surface area (Å²) in [5, 5.41) is 0. The van der Waals surface area contributed by atoms with Crippen molar-refractivity contribution in [2.45, 2.75) is 26.7 Å². The largest absolute Gasteiger partial charge is 0.452 e. The van der Waals surface area contributed by atoms with Gasteiger partial charge in [-0.2, -0.15) is 0 Å². The second-order valence-corrected chi connectivity index (χ2v) is 5.61. The topological polar surface area (TPSA) is 29.5 Å². The Balaban J connectivity index is 2.40. The molecular weight excluding hydrogens is 330 g/mol. The van der Waals surface area contributed by atoms with Crippen LogP contribution in [-0.2, 0) is 9.53 Å². The molecule has 1 rings (SSSR count). The summed E-state index contributed by atoms with van der Waals surface area (Å²) in [6.07, 6.45) is 0. The van der Waals surface area contributed by atoms with E-state index in [1.54, 1.807) is 0 Å². The maximum absolute atomic E-state index is 11.9. The molecule has 1 aromatic carbocycles. The van der Waals surface area contributed by atoms with Crippen molar-refractivity contribution >= 4 is 21.9 Å². The van der Waals surface area contributed by atoms with Gasteiger partial charge in [0, 0.05) is 4.47 Å². The first-order chi connectivity index (χ1) is 10.1. The smallest absolute Gasteiger partial charge is 0.314 e. The highest BCUT2D eigenvalue weighted by atomic mass is 79.9. The van der Waals surface area contributed by atoms with E-state index in [2.05, 4.69) is 46.5 Å². The zero-order valence-electron chi connectivity index (χ0n) is 12.9. The molecule has 0 aliphatic heterocycles. The Morgan fingerprint density at radius 3 is 2.43 bits per heavy atom. The van der Waals surface area contributed by atoms with Gasteiger partial charge in [-0.3, -0.25) is 9.69 Å². The van der Waals surface area contributed by atoms with Crippen molar-refractivity contribution in [3.05, 3.63) is 34.3 Å². The Bertz CT molecular complexity index is 498. The third kappa shape index (κ3) is 6.33. The third-order valence-corrected chi connectivity index (χ3v) is 3.86. The van der Waals surface area contributed by atoms with Gasteiger partial charge in [-0.25, -0.2) is 0 Å². The number of hydrogen-bond acceptors (Lipinski definition) is 3. The predicted octanol–water partition coefficient (Wildman–Crippen LogP) is 3.44. The fourth-order valence-electron chi connectivity index (χ4n) is 1.79. The average molecular weight is 352 g/mol. The summed E-state index contributed by atoms with van der Waals surface area (Å²) in [4.78, 5) is 14.1. The van der Waals surface area contributed by atoms with Gasteiger partial charge < -0.3 is 4.74 Å². The first-order valence-electron chi connectivity index (χ1n) is 7.18. The number of esters is 1. The molecule has 1 aromatic rings. The highest BCUT2D eigenvalue weighted by Gasteiger charge is 2.15. The van der Waals surface area contributed by atoms with Gasteiger partial charge in [-0.15, -0.1) is 0 Å². The Labute approximate surface area is 135 Å². The van der Waals surface area contributed by atoms with Crippen molar-refractivity contribution in [2.24, 2.45) is 0 Å². The summed E-state index contributed by atoms with van der Waals surface area (Å²) in [5.74, 6) is 5.39. The van der Waals surface area contributed by atoms with Crippen LogP contribution in [0, 0.1) is 11.8 Å². The molecule has 0 aromatic heterocycles. The number of rotatable bonds is 6. The van der Waals surface area contributed by atoms with E-state index in [1.165, 1.54) is 0 Å². The molecule has 4 heteroatoms. The molecule has 0 radical (unpaired) electrons. The number of ether oxygens (including phenoxy) is 1. The van der Waals surface area contributed by atoms with Crippen molar-refractivity contribution in [3.8, 4) is 11.8 Å². The number of hydrogen-bond donors (Lipinski definition) is 0. The van der Waals surface area contributed by atoms with Crippen LogP contribution in [0.25, 0.3) is 0 Å². The van der Waals surface area contributed by atoms with E-state index < -0.39 is 0 Å². The van der Waals surface area contributed by atoms with Crippen LogP contribution in [0.2, 0.25) is 0 Å². The van der Waals surface area contributed by atoms with Gasteiger partial charge in [0.05, 0.1) is 12.5 Å². The molecule has 0 aliphatic rings. The normalized spacial score (nSPS) is 11.7. The highest BCUT2D eigenvalue weighted by Crippen LogP contribution is 2.19. The molecule has 3 nitrogen and oxygen atoms in total. The molecule has 21 heavy (non-hydrogen) atoms.